The van der Waals surface area contributed by atoms with Gasteiger partial charge in [0.25, 0.3) is 0 Å². The van der Waals surface area contributed by atoms with E-state index in [9.17, 15) is 0 Å². The number of hydrazine groups is 2. The Morgan fingerprint density at radius 2 is 2.62 bits per heavy atom. The molecule has 1 aliphatic heterocycles. The van der Waals surface area contributed by atoms with E-state index in [0.717, 1.165) is 18.0 Å². The van der Waals surface area contributed by atoms with Crippen molar-refractivity contribution in [2.24, 2.45) is 0 Å². The molecule has 6 heteroatoms. The predicted molar refractivity (Wildman–Crippen MR) is 52.9 cm³/mol. The molecule has 0 bridgehead atoms. The SMILES string of the molecule is Clc1ncc(CN2C=CCNN2)s1. The second-order valence-electron chi connectivity index (χ2n) is 2.58. The van der Waals surface area contributed by atoms with Crippen LogP contribution in [0.25, 0.3) is 0 Å². The van der Waals surface area contributed by atoms with Gasteiger partial charge in [-0.05, 0) is 0 Å². The summed E-state index contributed by atoms with van der Waals surface area (Å²) in [5, 5.41) is 1.94. The molecule has 2 heterocycles. The number of thiazole rings is 1. The van der Waals surface area contributed by atoms with Crippen LogP contribution in [-0.2, 0) is 6.54 Å². The molecule has 0 aromatic carbocycles. The van der Waals surface area contributed by atoms with Gasteiger partial charge >= 0.3 is 0 Å². The summed E-state index contributed by atoms with van der Waals surface area (Å²) < 4.78 is 0.587. The first-order valence-electron chi connectivity index (χ1n) is 3.86. The lowest BCUT2D eigenvalue weighted by Gasteiger charge is -2.23. The minimum Gasteiger partial charge on any atom is -0.297 e. The maximum atomic E-state index is 5.71. The molecular formula is C7H9ClN4S. The van der Waals surface area contributed by atoms with Crippen molar-refractivity contribution in [3.05, 3.63) is 27.8 Å². The third-order valence-electron chi connectivity index (χ3n) is 1.58. The van der Waals surface area contributed by atoms with Gasteiger partial charge in [0, 0.05) is 23.8 Å². The fourth-order valence-corrected chi connectivity index (χ4v) is 2.02. The fraction of sp³-hybridized carbons (Fsp3) is 0.286. The Balaban J connectivity index is 1.97. The minimum absolute atomic E-state index is 0.587. The van der Waals surface area contributed by atoms with E-state index in [4.69, 9.17) is 11.6 Å². The van der Waals surface area contributed by atoms with Gasteiger partial charge in [-0.1, -0.05) is 17.7 Å². The molecule has 70 valence electrons. The van der Waals surface area contributed by atoms with Crippen LogP contribution in [0, 0.1) is 0 Å². The van der Waals surface area contributed by atoms with E-state index in [2.05, 4.69) is 15.9 Å². The topological polar surface area (TPSA) is 40.2 Å². The van der Waals surface area contributed by atoms with E-state index in [1.807, 2.05) is 17.3 Å². The molecular weight excluding hydrogens is 208 g/mol. The normalized spacial score (nSPS) is 16.5. The summed E-state index contributed by atoms with van der Waals surface area (Å²) in [5.41, 5.74) is 6.01. The molecule has 1 aliphatic rings. The second-order valence-corrected chi connectivity index (χ2v) is 4.28. The van der Waals surface area contributed by atoms with Gasteiger partial charge < -0.3 is 0 Å². The second kappa shape index (κ2) is 4.06. The highest BCUT2D eigenvalue weighted by Crippen LogP contribution is 2.18. The molecule has 0 spiro atoms. The van der Waals surface area contributed by atoms with E-state index >= 15 is 0 Å². The zero-order valence-corrected chi connectivity index (χ0v) is 8.40. The Kier molecular flexibility index (Phi) is 2.80. The van der Waals surface area contributed by atoms with E-state index < -0.39 is 0 Å². The van der Waals surface area contributed by atoms with Crippen molar-refractivity contribution in [1.82, 2.24) is 21.0 Å². The molecule has 1 aromatic rings. The zero-order chi connectivity index (χ0) is 9.10. The maximum absolute atomic E-state index is 5.71. The molecule has 1 aromatic heterocycles. The van der Waals surface area contributed by atoms with Crippen LogP contribution in [0.3, 0.4) is 0 Å². The Morgan fingerprint density at radius 3 is 3.23 bits per heavy atom. The van der Waals surface area contributed by atoms with E-state index in [1.165, 1.54) is 11.3 Å². The fourth-order valence-electron chi connectivity index (χ4n) is 1.04. The third-order valence-corrected chi connectivity index (χ3v) is 2.68. The van der Waals surface area contributed by atoms with Crippen molar-refractivity contribution >= 4 is 22.9 Å². The van der Waals surface area contributed by atoms with Crippen LogP contribution >= 0.6 is 22.9 Å². The van der Waals surface area contributed by atoms with Crippen LogP contribution in [0.1, 0.15) is 4.88 Å². The van der Waals surface area contributed by atoms with Crippen molar-refractivity contribution in [2.75, 3.05) is 6.54 Å². The smallest absolute Gasteiger partial charge is 0.183 e. The largest absolute Gasteiger partial charge is 0.297 e. The molecule has 0 atom stereocenters. The van der Waals surface area contributed by atoms with Gasteiger partial charge in [0.15, 0.2) is 4.47 Å². The molecule has 2 rings (SSSR count). The van der Waals surface area contributed by atoms with Gasteiger partial charge in [0.2, 0.25) is 0 Å². The Hall–Kier alpha value is -0.620. The average molecular weight is 217 g/mol. The molecule has 0 amide bonds. The van der Waals surface area contributed by atoms with E-state index in [1.54, 1.807) is 6.20 Å². The number of halogens is 1. The summed E-state index contributed by atoms with van der Waals surface area (Å²) >= 11 is 7.21. The molecule has 2 N–H and O–H groups in total. The number of nitrogens with zero attached hydrogens (tertiary/aromatic N) is 2. The first kappa shape index (κ1) is 8.96. The third kappa shape index (κ3) is 2.41. The van der Waals surface area contributed by atoms with Crippen LogP contribution in [-0.4, -0.2) is 16.5 Å². The van der Waals surface area contributed by atoms with E-state index in [0.29, 0.717) is 4.47 Å². The molecule has 0 aliphatic carbocycles. The first-order chi connectivity index (χ1) is 6.34. The summed E-state index contributed by atoms with van der Waals surface area (Å²) in [6, 6.07) is 0. The average Bonchev–Trinajstić information content (AvgIpc) is 2.53. The first-order valence-corrected chi connectivity index (χ1v) is 5.06. The summed E-state index contributed by atoms with van der Waals surface area (Å²) in [6.07, 6.45) is 5.82. The molecule has 0 saturated heterocycles. The van der Waals surface area contributed by atoms with Gasteiger partial charge in [-0.15, -0.1) is 11.3 Å². The summed E-state index contributed by atoms with van der Waals surface area (Å²) in [4.78, 5) is 5.10. The highest BCUT2D eigenvalue weighted by atomic mass is 35.5. The zero-order valence-electron chi connectivity index (χ0n) is 6.83. The lowest BCUT2D eigenvalue weighted by atomic mass is 10.5. The van der Waals surface area contributed by atoms with Crippen LogP contribution in [0.4, 0.5) is 0 Å². The van der Waals surface area contributed by atoms with Crippen molar-refractivity contribution in [1.29, 1.82) is 0 Å². The van der Waals surface area contributed by atoms with Gasteiger partial charge in [-0.3, -0.25) is 5.01 Å². The van der Waals surface area contributed by atoms with Gasteiger partial charge in [-0.25, -0.2) is 10.4 Å². The van der Waals surface area contributed by atoms with Crippen molar-refractivity contribution in [3.8, 4) is 0 Å². The van der Waals surface area contributed by atoms with E-state index in [-0.39, 0.29) is 0 Å². The number of nitrogens with one attached hydrogen (secondary N) is 2. The van der Waals surface area contributed by atoms with Crippen LogP contribution in [0.5, 0.6) is 0 Å². The van der Waals surface area contributed by atoms with Gasteiger partial charge in [0.05, 0.1) is 6.54 Å². The van der Waals surface area contributed by atoms with Crippen LogP contribution in [0.2, 0.25) is 4.47 Å². The van der Waals surface area contributed by atoms with Crippen molar-refractivity contribution in [3.63, 3.8) is 0 Å². The van der Waals surface area contributed by atoms with Crippen LogP contribution in [0.15, 0.2) is 18.5 Å². The quantitative estimate of drug-likeness (QED) is 0.778. The molecule has 13 heavy (non-hydrogen) atoms. The lowest BCUT2D eigenvalue weighted by molar-refractivity contribution is 0.209. The van der Waals surface area contributed by atoms with Gasteiger partial charge in [0.1, 0.15) is 0 Å². The minimum atomic E-state index is 0.587. The van der Waals surface area contributed by atoms with Crippen molar-refractivity contribution in [2.45, 2.75) is 6.54 Å². The van der Waals surface area contributed by atoms with Crippen molar-refractivity contribution < 1.29 is 0 Å². The molecule has 0 fully saturated rings. The molecule has 4 nitrogen and oxygen atoms in total. The standard InChI is InChI=1S/C7H9ClN4S/c8-7-9-4-6(13-7)5-12-3-1-2-10-11-12/h1,3-4,10-11H,2,5H2. The molecule has 0 radical (unpaired) electrons. The summed E-state index contributed by atoms with van der Waals surface area (Å²) in [5.74, 6) is 0. The summed E-state index contributed by atoms with van der Waals surface area (Å²) in [6.45, 7) is 1.62. The predicted octanol–water partition coefficient (Wildman–Crippen LogP) is 1.14. The monoisotopic (exact) mass is 216 g/mol. The Bertz CT molecular complexity index is 311. The lowest BCUT2D eigenvalue weighted by Crippen LogP contribution is -2.46. The number of rotatable bonds is 2. The van der Waals surface area contributed by atoms with Crippen LogP contribution < -0.4 is 11.0 Å². The number of aromatic nitrogens is 1. The number of hydrogen-bond acceptors (Lipinski definition) is 5. The maximum Gasteiger partial charge on any atom is 0.183 e. The Labute approximate surface area is 85.2 Å². The molecule has 0 unspecified atom stereocenters. The molecule has 0 saturated carbocycles. The number of hydrogen-bond donors (Lipinski definition) is 2. The van der Waals surface area contributed by atoms with Gasteiger partial charge in [-0.2, -0.15) is 5.53 Å². The summed E-state index contributed by atoms with van der Waals surface area (Å²) in [7, 11) is 0. The highest BCUT2D eigenvalue weighted by molar-refractivity contribution is 7.15. The highest BCUT2D eigenvalue weighted by Gasteiger charge is 2.05. The Morgan fingerprint density at radius 1 is 1.69 bits per heavy atom.